The van der Waals surface area contributed by atoms with E-state index in [-0.39, 0.29) is 17.9 Å². The molecule has 1 aromatic heterocycles. The van der Waals surface area contributed by atoms with Crippen LogP contribution in [0.3, 0.4) is 0 Å². The third-order valence-electron chi connectivity index (χ3n) is 6.94. The average molecular weight is 547 g/mol. The standard InChI is InChI=1S/C28H42N4O5S/c1-19(33)30-12-10-20(11-13-30)16-32-24-9-8-21(14-23(24)29-25(32)15-27(2,3)4)38(35,36)22-17-31(18-22)26(34)37-28(5,6)7/h8-9,14,17,20,35-36H,10-13,15-16,18H2,1-7H3. The largest absolute Gasteiger partial charge is 0.443 e. The van der Waals surface area contributed by atoms with Gasteiger partial charge in [-0.1, -0.05) is 20.8 Å². The Morgan fingerprint density at radius 3 is 2.29 bits per heavy atom. The van der Waals surface area contributed by atoms with E-state index in [1.54, 1.807) is 39.8 Å². The van der Waals surface area contributed by atoms with Crippen molar-refractivity contribution in [2.24, 2.45) is 11.3 Å². The van der Waals surface area contributed by atoms with Gasteiger partial charge < -0.3 is 14.2 Å². The summed E-state index contributed by atoms with van der Waals surface area (Å²) in [5.74, 6) is 1.56. The molecule has 2 aliphatic rings. The van der Waals surface area contributed by atoms with Crippen LogP contribution in [0.4, 0.5) is 4.79 Å². The SMILES string of the molecule is CC(=O)N1CCC(Cn2c(CC(C)(C)C)nc3cc(S(O)(O)C4=CN(C(=O)OC(C)(C)C)C4)ccc32)CC1. The summed E-state index contributed by atoms with van der Waals surface area (Å²) in [6.45, 7) is 16.0. The van der Waals surface area contributed by atoms with Crippen LogP contribution in [0, 0.1) is 11.3 Å². The summed E-state index contributed by atoms with van der Waals surface area (Å²) in [5.41, 5.74) is 1.11. The Kier molecular flexibility index (Phi) is 7.64. The van der Waals surface area contributed by atoms with Crippen molar-refractivity contribution >= 4 is 33.6 Å². The zero-order chi connectivity index (χ0) is 28.0. The second-order valence-corrected chi connectivity index (χ2v) is 14.8. The van der Waals surface area contributed by atoms with Crippen molar-refractivity contribution in [1.82, 2.24) is 19.4 Å². The van der Waals surface area contributed by atoms with Gasteiger partial charge in [0.2, 0.25) is 5.91 Å². The molecular weight excluding hydrogens is 504 g/mol. The molecule has 0 bridgehead atoms. The molecule has 0 radical (unpaired) electrons. The first-order valence-electron chi connectivity index (χ1n) is 13.3. The minimum absolute atomic E-state index is 0.0325. The van der Waals surface area contributed by atoms with E-state index in [9.17, 15) is 18.7 Å². The lowest BCUT2D eigenvalue weighted by Gasteiger charge is -2.42. The van der Waals surface area contributed by atoms with Crippen molar-refractivity contribution in [2.45, 2.75) is 84.8 Å². The van der Waals surface area contributed by atoms with E-state index in [1.165, 1.54) is 11.1 Å². The van der Waals surface area contributed by atoms with Gasteiger partial charge in [-0.25, -0.2) is 9.78 Å². The Bertz CT molecular complexity index is 1250. The summed E-state index contributed by atoms with van der Waals surface area (Å²) in [6.07, 6.45) is 3.65. The lowest BCUT2D eigenvalue weighted by molar-refractivity contribution is -0.130. The Balaban J connectivity index is 1.58. The highest BCUT2D eigenvalue weighted by molar-refractivity contribution is 8.27. The van der Waals surface area contributed by atoms with Gasteiger partial charge in [0.15, 0.2) is 0 Å². The summed E-state index contributed by atoms with van der Waals surface area (Å²) < 4.78 is 29.9. The molecular formula is C28H42N4O5S. The van der Waals surface area contributed by atoms with Crippen molar-refractivity contribution in [3.63, 3.8) is 0 Å². The summed E-state index contributed by atoms with van der Waals surface area (Å²) >= 11 is 0. The van der Waals surface area contributed by atoms with Gasteiger partial charge >= 0.3 is 6.09 Å². The van der Waals surface area contributed by atoms with Gasteiger partial charge in [-0.15, -0.1) is 10.6 Å². The van der Waals surface area contributed by atoms with E-state index in [0.29, 0.717) is 15.7 Å². The van der Waals surface area contributed by atoms with Crippen molar-refractivity contribution < 1.29 is 23.4 Å². The van der Waals surface area contributed by atoms with Crippen LogP contribution in [0.25, 0.3) is 11.0 Å². The van der Waals surface area contributed by atoms with Gasteiger partial charge in [0.25, 0.3) is 0 Å². The van der Waals surface area contributed by atoms with Gasteiger partial charge in [-0.2, -0.15) is 0 Å². The lowest BCUT2D eigenvalue weighted by Crippen LogP contribution is -2.40. The number of benzene rings is 1. The molecule has 0 atom stereocenters. The van der Waals surface area contributed by atoms with Crippen molar-refractivity contribution in [3.05, 3.63) is 35.1 Å². The first-order chi connectivity index (χ1) is 17.5. The van der Waals surface area contributed by atoms with Crippen LogP contribution in [0.15, 0.2) is 34.2 Å². The molecule has 2 amide bonds. The summed E-state index contributed by atoms with van der Waals surface area (Å²) in [5, 5.41) is 0. The Hall–Kier alpha value is -2.56. The molecule has 4 rings (SSSR count). The fourth-order valence-electron chi connectivity index (χ4n) is 4.91. The summed E-state index contributed by atoms with van der Waals surface area (Å²) in [4.78, 5) is 33.0. The molecule has 210 valence electrons. The van der Waals surface area contributed by atoms with E-state index in [0.717, 1.165) is 55.8 Å². The first-order valence-corrected chi connectivity index (χ1v) is 14.8. The van der Waals surface area contributed by atoms with E-state index in [4.69, 9.17) is 9.72 Å². The molecule has 38 heavy (non-hydrogen) atoms. The average Bonchev–Trinajstić information content (AvgIpc) is 3.06. The van der Waals surface area contributed by atoms with E-state index < -0.39 is 22.3 Å². The zero-order valence-electron chi connectivity index (χ0n) is 23.7. The number of imidazole rings is 1. The number of carbonyl (C=O) groups is 2. The predicted octanol–water partition coefficient (Wildman–Crippen LogP) is 6.09. The number of nitrogens with zero attached hydrogens (tertiary/aromatic N) is 4. The Morgan fingerprint density at radius 2 is 1.74 bits per heavy atom. The van der Waals surface area contributed by atoms with E-state index in [1.807, 2.05) is 11.0 Å². The number of hydrogen-bond donors (Lipinski definition) is 2. The van der Waals surface area contributed by atoms with Crippen LogP contribution in [-0.4, -0.2) is 65.7 Å². The molecule has 2 N–H and O–H groups in total. The molecule has 0 saturated carbocycles. The summed E-state index contributed by atoms with van der Waals surface area (Å²) in [6, 6.07) is 5.45. The van der Waals surface area contributed by atoms with Crippen LogP contribution in [0.1, 0.15) is 67.1 Å². The van der Waals surface area contributed by atoms with Crippen LogP contribution >= 0.6 is 10.6 Å². The van der Waals surface area contributed by atoms with Crippen LogP contribution < -0.4 is 0 Å². The molecule has 10 heteroatoms. The first kappa shape index (κ1) is 28.4. The molecule has 0 unspecified atom stereocenters. The smallest absolute Gasteiger partial charge is 0.414 e. The second kappa shape index (κ2) is 10.2. The van der Waals surface area contributed by atoms with Gasteiger partial charge in [-0.05, 0) is 63.1 Å². The molecule has 3 heterocycles. The number of hydrogen-bond acceptors (Lipinski definition) is 6. The number of fused-ring (bicyclic) bond motifs is 1. The fraction of sp³-hybridized carbons (Fsp3) is 0.607. The second-order valence-electron chi connectivity index (χ2n) is 12.7. The number of aromatic nitrogens is 2. The maximum absolute atomic E-state index is 12.3. The minimum Gasteiger partial charge on any atom is -0.443 e. The van der Waals surface area contributed by atoms with E-state index in [2.05, 4.69) is 25.3 Å². The molecule has 9 nitrogen and oxygen atoms in total. The molecule has 1 aromatic carbocycles. The lowest BCUT2D eigenvalue weighted by atomic mass is 9.91. The highest BCUT2D eigenvalue weighted by atomic mass is 32.3. The Morgan fingerprint density at radius 1 is 1.11 bits per heavy atom. The van der Waals surface area contributed by atoms with Gasteiger partial charge in [-0.3, -0.25) is 18.8 Å². The van der Waals surface area contributed by atoms with Gasteiger partial charge in [0, 0.05) is 39.2 Å². The van der Waals surface area contributed by atoms with E-state index >= 15 is 0 Å². The number of rotatable bonds is 5. The quantitative estimate of drug-likeness (QED) is 0.470. The molecule has 0 aliphatic carbocycles. The predicted molar refractivity (Wildman–Crippen MR) is 150 cm³/mol. The Labute approximate surface area is 227 Å². The van der Waals surface area contributed by atoms with Crippen LogP contribution in [-0.2, 0) is 22.5 Å². The minimum atomic E-state index is -3.26. The molecule has 1 fully saturated rings. The van der Waals surface area contributed by atoms with Crippen LogP contribution in [0.5, 0.6) is 0 Å². The molecule has 0 spiro atoms. The zero-order valence-corrected chi connectivity index (χ0v) is 24.5. The number of amides is 2. The van der Waals surface area contributed by atoms with Crippen molar-refractivity contribution in [3.8, 4) is 0 Å². The maximum atomic E-state index is 12.3. The highest BCUT2D eigenvalue weighted by Crippen LogP contribution is 2.58. The molecule has 2 aliphatic heterocycles. The molecule has 1 saturated heterocycles. The monoisotopic (exact) mass is 546 g/mol. The third kappa shape index (κ3) is 6.35. The van der Waals surface area contributed by atoms with Gasteiger partial charge in [0.1, 0.15) is 11.4 Å². The van der Waals surface area contributed by atoms with Crippen molar-refractivity contribution in [1.29, 1.82) is 0 Å². The number of ether oxygens (including phenoxy) is 1. The topological polar surface area (TPSA) is 108 Å². The number of carbonyl (C=O) groups excluding carboxylic acids is 2. The highest BCUT2D eigenvalue weighted by Gasteiger charge is 2.35. The van der Waals surface area contributed by atoms with Crippen LogP contribution in [0.2, 0.25) is 0 Å². The maximum Gasteiger partial charge on any atom is 0.414 e. The fourth-order valence-corrected chi connectivity index (χ4v) is 6.34. The van der Waals surface area contributed by atoms with Crippen molar-refractivity contribution in [2.75, 3.05) is 19.6 Å². The molecule has 2 aromatic rings. The number of likely N-dealkylation sites (tertiary alicyclic amines) is 1. The number of piperidine rings is 1. The van der Waals surface area contributed by atoms with Gasteiger partial charge in [0.05, 0.1) is 27.4 Å². The normalized spacial score (nSPS) is 17.9. The summed E-state index contributed by atoms with van der Waals surface area (Å²) in [7, 11) is -3.26. The third-order valence-corrected chi connectivity index (χ3v) is 8.81.